The van der Waals surface area contributed by atoms with E-state index in [-0.39, 0.29) is 17.7 Å². The molecule has 1 unspecified atom stereocenters. The second-order valence-electron chi connectivity index (χ2n) is 7.37. The predicted molar refractivity (Wildman–Crippen MR) is 120 cm³/mol. The fourth-order valence-electron chi connectivity index (χ4n) is 3.55. The highest BCUT2D eigenvalue weighted by Crippen LogP contribution is 2.28. The summed E-state index contributed by atoms with van der Waals surface area (Å²) in [5, 5.41) is 4.02. The zero-order chi connectivity index (χ0) is 21.3. The van der Waals surface area contributed by atoms with Crippen LogP contribution in [0.25, 0.3) is 11.3 Å². The molecule has 0 radical (unpaired) electrons. The fourth-order valence-corrected chi connectivity index (χ4v) is 5.77. The Morgan fingerprint density at radius 3 is 2.50 bits per heavy atom. The zero-order valence-corrected chi connectivity index (χ0v) is 18.5. The molecule has 30 heavy (non-hydrogen) atoms. The van der Waals surface area contributed by atoms with Gasteiger partial charge in [-0.15, -0.1) is 0 Å². The van der Waals surface area contributed by atoms with Crippen LogP contribution in [0, 0.1) is 0 Å². The monoisotopic (exact) mass is 441 g/mol. The minimum absolute atomic E-state index is 0.113. The molecule has 0 N–H and O–H groups in total. The first-order chi connectivity index (χ1) is 14.4. The predicted octanol–water partition coefficient (Wildman–Crippen LogP) is 4.18. The van der Waals surface area contributed by atoms with Gasteiger partial charge in [0.1, 0.15) is 0 Å². The number of carbonyl (C=O) groups is 1. The number of rotatable bonds is 5. The van der Waals surface area contributed by atoms with Crippen LogP contribution in [0.15, 0.2) is 59.4 Å². The molecular weight excluding hydrogens is 418 g/mol. The first-order valence-corrected chi connectivity index (χ1v) is 12.3. The third-order valence-electron chi connectivity index (χ3n) is 5.49. The lowest BCUT2D eigenvalue weighted by atomic mass is 10.1. The van der Waals surface area contributed by atoms with E-state index in [0.717, 1.165) is 16.8 Å². The average Bonchev–Trinajstić information content (AvgIpc) is 3.42. The van der Waals surface area contributed by atoms with Crippen LogP contribution in [0.2, 0.25) is 0 Å². The first kappa shape index (κ1) is 20.6. The highest BCUT2D eigenvalue weighted by atomic mass is 32.2. The van der Waals surface area contributed by atoms with Crippen LogP contribution in [0.4, 0.5) is 5.69 Å². The smallest absolute Gasteiger partial charge is 0.255 e. The van der Waals surface area contributed by atoms with E-state index in [4.69, 9.17) is 0 Å². The molecule has 156 valence electrons. The summed E-state index contributed by atoms with van der Waals surface area (Å²) in [5.41, 5.74) is 4.03. The maximum atomic E-state index is 12.9. The van der Waals surface area contributed by atoms with Crippen LogP contribution in [0.3, 0.4) is 0 Å². The van der Waals surface area contributed by atoms with Crippen molar-refractivity contribution >= 4 is 33.0 Å². The van der Waals surface area contributed by atoms with Crippen LogP contribution in [-0.4, -0.2) is 43.6 Å². The highest BCUT2D eigenvalue weighted by molar-refractivity contribution is 7.93. The van der Waals surface area contributed by atoms with Crippen molar-refractivity contribution in [3.05, 3.63) is 70.5 Å². The molecule has 0 saturated carbocycles. The number of nitrogens with zero attached hydrogens (tertiary/aromatic N) is 3. The van der Waals surface area contributed by atoms with Crippen molar-refractivity contribution in [2.75, 3.05) is 23.7 Å². The van der Waals surface area contributed by atoms with Gasteiger partial charge >= 0.3 is 0 Å². The van der Waals surface area contributed by atoms with Crippen molar-refractivity contribution < 1.29 is 13.2 Å². The molecule has 0 spiro atoms. The molecule has 1 aliphatic rings. The van der Waals surface area contributed by atoms with Crippen molar-refractivity contribution in [3.63, 3.8) is 0 Å². The molecule has 8 heteroatoms. The molecule has 4 rings (SSSR count). The van der Waals surface area contributed by atoms with Crippen molar-refractivity contribution in [1.82, 2.24) is 9.88 Å². The summed E-state index contributed by atoms with van der Waals surface area (Å²) in [6.07, 6.45) is 2.26. The maximum Gasteiger partial charge on any atom is 0.255 e. The Kier molecular flexibility index (Phi) is 5.62. The number of anilines is 1. The number of benzene rings is 1. The highest BCUT2D eigenvalue weighted by Gasteiger charge is 2.28. The van der Waals surface area contributed by atoms with Crippen LogP contribution in [-0.2, 0) is 10.0 Å². The van der Waals surface area contributed by atoms with E-state index in [1.54, 1.807) is 35.5 Å². The zero-order valence-electron chi connectivity index (χ0n) is 16.9. The van der Waals surface area contributed by atoms with E-state index in [9.17, 15) is 13.2 Å². The van der Waals surface area contributed by atoms with Gasteiger partial charge in [0, 0.05) is 30.7 Å². The lowest BCUT2D eigenvalue weighted by Crippen LogP contribution is -2.30. The van der Waals surface area contributed by atoms with Gasteiger partial charge in [0.25, 0.3) is 5.91 Å². The Labute approximate surface area is 180 Å². The summed E-state index contributed by atoms with van der Waals surface area (Å²) in [6.45, 7) is 2.47. The third-order valence-corrected chi connectivity index (χ3v) is 8.04. The second kappa shape index (κ2) is 8.20. The molecular formula is C22H23N3O3S2. The Morgan fingerprint density at radius 2 is 1.93 bits per heavy atom. The number of pyridine rings is 1. The topological polar surface area (TPSA) is 70.6 Å². The largest absolute Gasteiger partial charge is 0.335 e. The molecule has 1 atom stereocenters. The Bertz CT molecular complexity index is 1130. The molecule has 0 bridgehead atoms. The number of hydrogen-bond donors (Lipinski definition) is 0. The van der Waals surface area contributed by atoms with E-state index in [1.165, 1.54) is 4.31 Å². The normalized spacial score (nSPS) is 16.4. The third kappa shape index (κ3) is 3.97. The lowest BCUT2D eigenvalue weighted by molar-refractivity contribution is 0.0742. The van der Waals surface area contributed by atoms with Gasteiger partial charge in [0.15, 0.2) is 0 Å². The van der Waals surface area contributed by atoms with E-state index >= 15 is 0 Å². The van der Waals surface area contributed by atoms with Crippen molar-refractivity contribution in [2.45, 2.75) is 19.4 Å². The van der Waals surface area contributed by atoms with Crippen molar-refractivity contribution in [1.29, 1.82) is 0 Å². The molecule has 1 aliphatic heterocycles. The summed E-state index contributed by atoms with van der Waals surface area (Å²) >= 11 is 1.61. The molecule has 1 amide bonds. The molecule has 0 aliphatic carbocycles. The molecule has 1 fully saturated rings. The molecule has 3 heterocycles. The Hall–Kier alpha value is -2.71. The standard InChI is InChI=1S/C22H23N3O3S2/c1-16(17-4-7-20(8-5-17)25-11-3-13-30(25,27)28)24(2)22(26)18-6-9-21(23-14-18)19-10-12-29-15-19/h4-10,12,14-16H,3,11,13H2,1-2H3. The van der Waals surface area contributed by atoms with Gasteiger partial charge in [-0.2, -0.15) is 11.3 Å². The molecule has 3 aromatic rings. The summed E-state index contributed by atoms with van der Waals surface area (Å²) < 4.78 is 25.7. The molecule has 6 nitrogen and oxygen atoms in total. The van der Waals surface area contributed by atoms with Gasteiger partial charge in [-0.25, -0.2) is 8.42 Å². The molecule has 2 aromatic heterocycles. The van der Waals surface area contributed by atoms with E-state index < -0.39 is 10.0 Å². The second-order valence-corrected chi connectivity index (χ2v) is 10.2. The number of amides is 1. The van der Waals surface area contributed by atoms with Gasteiger partial charge < -0.3 is 4.90 Å². The number of hydrogen-bond acceptors (Lipinski definition) is 5. The summed E-state index contributed by atoms with van der Waals surface area (Å²) in [6, 6.07) is 12.9. The Morgan fingerprint density at radius 1 is 1.17 bits per heavy atom. The summed E-state index contributed by atoms with van der Waals surface area (Å²) in [5.74, 6) is 0.0832. The van der Waals surface area contributed by atoms with Crippen molar-refractivity contribution in [3.8, 4) is 11.3 Å². The van der Waals surface area contributed by atoms with Gasteiger partial charge in [0.05, 0.1) is 28.7 Å². The van der Waals surface area contributed by atoms with E-state index in [1.807, 2.05) is 54.1 Å². The van der Waals surface area contributed by atoms with Crippen LogP contribution in [0.5, 0.6) is 0 Å². The molecule has 1 saturated heterocycles. The van der Waals surface area contributed by atoms with Crippen LogP contribution < -0.4 is 4.31 Å². The SMILES string of the molecule is CC(c1ccc(N2CCCS2(=O)=O)cc1)N(C)C(=O)c1ccc(-c2ccsc2)nc1. The minimum atomic E-state index is -3.20. The van der Waals surface area contributed by atoms with E-state index in [0.29, 0.717) is 24.2 Å². The Balaban J connectivity index is 1.47. The quantitative estimate of drug-likeness (QED) is 0.595. The van der Waals surface area contributed by atoms with Crippen molar-refractivity contribution in [2.24, 2.45) is 0 Å². The van der Waals surface area contributed by atoms with Gasteiger partial charge in [-0.1, -0.05) is 12.1 Å². The maximum absolute atomic E-state index is 12.9. The number of aromatic nitrogens is 1. The summed E-state index contributed by atoms with van der Waals surface area (Å²) in [7, 11) is -1.43. The van der Waals surface area contributed by atoms with E-state index in [2.05, 4.69) is 4.98 Å². The molecule has 1 aromatic carbocycles. The van der Waals surface area contributed by atoms with Crippen LogP contribution in [0.1, 0.15) is 35.3 Å². The first-order valence-electron chi connectivity index (χ1n) is 9.73. The lowest BCUT2D eigenvalue weighted by Gasteiger charge is -2.26. The number of thiophene rings is 1. The number of carbonyl (C=O) groups excluding carboxylic acids is 1. The summed E-state index contributed by atoms with van der Waals surface area (Å²) in [4.78, 5) is 19.0. The minimum Gasteiger partial charge on any atom is -0.335 e. The van der Waals surface area contributed by atoms with Gasteiger partial charge in [-0.05, 0) is 54.6 Å². The fraction of sp³-hybridized carbons (Fsp3) is 0.273. The average molecular weight is 442 g/mol. The number of sulfonamides is 1. The van der Waals surface area contributed by atoms with Gasteiger partial charge in [0.2, 0.25) is 10.0 Å². The van der Waals surface area contributed by atoms with Crippen LogP contribution >= 0.6 is 11.3 Å². The van der Waals surface area contributed by atoms with Gasteiger partial charge in [-0.3, -0.25) is 14.1 Å².